The van der Waals surface area contributed by atoms with Crippen molar-refractivity contribution in [2.75, 3.05) is 0 Å². The number of nitrogens with zero attached hydrogens (tertiary/aromatic N) is 1. The Morgan fingerprint density at radius 2 is 2.33 bits per heavy atom. The lowest BCUT2D eigenvalue weighted by atomic mass is 10.3. The van der Waals surface area contributed by atoms with E-state index in [9.17, 15) is 4.79 Å². The summed E-state index contributed by atoms with van der Waals surface area (Å²) in [5.41, 5.74) is 6.40. The van der Waals surface area contributed by atoms with E-state index in [1.54, 1.807) is 23.8 Å². The maximum atomic E-state index is 11.4. The van der Waals surface area contributed by atoms with E-state index in [0.29, 0.717) is 6.54 Å². The second kappa shape index (κ2) is 3.54. The fourth-order valence-corrected chi connectivity index (χ4v) is 1.11. The third-order valence-electron chi connectivity index (χ3n) is 1.70. The fourth-order valence-electron chi connectivity index (χ4n) is 1.11. The van der Waals surface area contributed by atoms with E-state index in [4.69, 9.17) is 5.73 Å². The van der Waals surface area contributed by atoms with Crippen LogP contribution >= 0.6 is 0 Å². The minimum absolute atomic E-state index is 0.0181. The molecular formula is C9H14N2O. The van der Waals surface area contributed by atoms with Crippen LogP contribution in [-0.2, 0) is 6.54 Å². The van der Waals surface area contributed by atoms with E-state index in [1.165, 1.54) is 0 Å². The van der Waals surface area contributed by atoms with Gasteiger partial charge in [0.1, 0.15) is 0 Å². The van der Waals surface area contributed by atoms with Crippen LogP contribution in [0.25, 0.3) is 0 Å². The molecule has 0 aromatic carbocycles. The van der Waals surface area contributed by atoms with Crippen molar-refractivity contribution in [3.63, 3.8) is 0 Å². The summed E-state index contributed by atoms with van der Waals surface area (Å²) in [6, 6.07) is 3.68. The summed E-state index contributed by atoms with van der Waals surface area (Å²) >= 11 is 0. The molecule has 0 aliphatic rings. The Labute approximate surface area is 71.8 Å². The van der Waals surface area contributed by atoms with Crippen LogP contribution in [0.4, 0.5) is 0 Å². The molecule has 1 heterocycles. The van der Waals surface area contributed by atoms with Gasteiger partial charge in [0.15, 0.2) is 0 Å². The predicted molar refractivity (Wildman–Crippen MR) is 49.1 cm³/mol. The van der Waals surface area contributed by atoms with E-state index in [2.05, 4.69) is 0 Å². The second-order valence-electron chi connectivity index (χ2n) is 3.13. The van der Waals surface area contributed by atoms with Crippen molar-refractivity contribution in [2.24, 2.45) is 5.73 Å². The Morgan fingerprint density at radius 3 is 2.92 bits per heavy atom. The van der Waals surface area contributed by atoms with Crippen molar-refractivity contribution >= 4 is 0 Å². The van der Waals surface area contributed by atoms with Crippen LogP contribution in [0.5, 0.6) is 0 Å². The number of aromatic nitrogens is 1. The maximum absolute atomic E-state index is 11.4. The van der Waals surface area contributed by atoms with Gasteiger partial charge in [0, 0.05) is 24.3 Å². The van der Waals surface area contributed by atoms with Gasteiger partial charge in [-0.3, -0.25) is 4.79 Å². The summed E-state index contributed by atoms with van der Waals surface area (Å²) in [5, 5.41) is 0. The highest BCUT2D eigenvalue weighted by Gasteiger charge is 1.99. The van der Waals surface area contributed by atoms with Gasteiger partial charge in [0.2, 0.25) is 0 Å². The number of nitrogens with two attached hydrogens (primary N) is 1. The Morgan fingerprint density at radius 1 is 1.67 bits per heavy atom. The number of rotatable bonds is 2. The van der Waals surface area contributed by atoms with Gasteiger partial charge in [-0.15, -0.1) is 0 Å². The second-order valence-corrected chi connectivity index (χ2v) is 3.13. The van der Waals surface area contributed by atoms with E-state index in [1.807, 2.05) is 13.0 Å². The van der Waals surface area contributed by atoms with Gasteiger partial charge in [-0.1, -0.05) is 6.07 Å². The SMILES string of the molecule is Cc1cccn(C[C@@H](C)N)c1=O. The third-order valence-corrected chi connectivity index (χ3v) is 1.70. The zero-order valence-corrected chi connectivity index (χ0v) is 7.45. The monoisotopic (exact) mass is 166 g/mol. The van der Waals surface area contributed by atoms with Gasteiger partial charge >= 0.3 is 0 Å². The molecule has 3 nitrogen and oxygen atoms in total. The Hall–Kier alpha value is -1.09. The first-order valence-electron chi connectivity index (χ1n) is 4.03. The van der Waals surface area contributed by atoms with Crippen molar-refractivity contribution in [1.82, 2.24) is 4.57 Å². The fraction of sp³-hybridized carbons (Fsp3) is 0.444. The van der Waals surface area contributed by atoms with Gasteiger partial charge in [-0.05, 0) is 19.9 Å². The zero-order chi connectivity index (χ0) is 9.14. The molecule has 0 unspecified atom stereocenters. The molecule has 3 heteroatoms. The summed E-state index contributed by atoms with van der Waals surface area (Å²) in [6.45, 7) is 4.27. The normalized spacial score (nSPS) is 12.9. The van der Waals surface area contributed by atoms with E-state index < -0.39 is 0 Å². The minimum Gasteiger partial charge on any atom is -0.326 e. The molecule has 1 aromatic rings. The number of hydrogen-bond donors (Lipinski definition) is 1. The lowest BCUT2D eigenvalue weighted by Crippen LogP contribution is -2.30. The Kier molecular flexibility index (Phi) is 2.65. The van der Waals surface area contributed by atoms with Gasteiger partial charge in [0.25, 0.3) is 5.56 Å². The average molecular weight is 166 g/mol. The smallest absolute Gasteiger partial charge is 0.253 e. The van der Waals surface area contributed by atoms with Crippen molar-refractivity contribution < 1.29 is 0 Å². The van der Waals surface area contributed by atoms with Crippen LogP contribution in [0.3, 0.4) is 0 Å². The van der Waals surface area contributed by atoms with Gasteiger partial charge in [-0.2, -0.15) is 0 Å². The van der Waals surface area contributed by atoms with Crippen molar-refractivity contribution in [3.05, 3.63) is 34.2 Å². The van der Waals surface area contributed by atoms with Crippen LogP contribution in [0, 0.1) is 6.92 Å². The minimum atomic E-state index is 0.0181. The first-order valence-corrected chi connectivity index (χ1v) is 4.03. The van der Waals surface area contributed by atoms with E-state index >= 15 is 0 Å². The van der Waals surface area contributed by atoms with Crippen LogP contribution in [0.15, 0.2) is 23.1 Å². The topological polar surface area (TPSA) is 48.0 Å². The molecule has 0 spiro atoms. The molecule has 2 N–H and O–H groups in total. The summed E-state index contributed by atoms with van der Waals surface area (Å²) in [5.74, 6) is 0. The highest BCUT2D eigenvalue weighted by Crippen LogP contribution is 1.90. The van der Waals surface area contributed by atoms with E-state index in [0.717, 1.165) is 5.56 Å². The van der Waals surface area contributed by atoms with Crippen molar-refractivity contribution in [1.29, 1.82) is 0 Å². The predicted octanol–water partition coefficient (Wildman–Crippen LogP) is 0.504. The Balaban J connectivity index is 3.01. The molecule has 0 radical (unpaired) electrons. The van der Waals surface area contributed by atoms with Crippen molar-refractivity contribution in [2.45, 2.75) is 26.4 Å². The van der Waals surface area contributed by atoms with Crippen molar-refractivity contribution in [3.8, 4) is 0 Å². The number of hydrogen-bond acceptors (Lipinski definition) is 2. The molecule has 0 saturated carbocycles. The van der Waals surface area contributed by atoms with Gasteiger partial charge in [-0.25, -0.2) is 0 Å². The molecular weight excluding hydrogens is 152 g/mol. The van der Waals surface area contributed by atoms with Crippen LogP contribution in [0.2, 0.25) is 0 Å². The van der Waals surface area contributed by atoms with Gasteiger partial charge in [0.05, 0.1) is 0 Å². The molecule has 1 atom stereocenters. The summed E-state index contributed by atoms with van der Waals surface area (Å²) in [6.07, 6.45) is 1.76. The highest BCUT2D eigenvalue weighted by molar-refractivity contribution is 5.07. The first kappa shape index (κ1) is 9.00. The molecule has 0 fully saturated rings. The molecule has 1 rings (SSSR count). The quantitative estimate of drug-likeness (QED) is 0.695. The third kappa shape index (κ3) is 1.95. The zero-order valence-electron chi connectivity index (χ0n) is 7.45. The number of aryl methyl sites for hydroxylation is 1. The molecule has 0 bridgehead atoms. The lowest BCUT2D eigenvalue weighted by molar-refractivity contribution is 0.572. The highest BCUT2D eigenvalue weighted by atomic mass is 16.1. The first-order chi connectivity index (χ1) is 5.61. The summed E-state index contributed by atoms with van der Waals surface area (Å²) < 4.78 is 1.64. The molecule has 0 aliphatic carbocycles. The standard InChI is InChI=1S/C9H14N2O/c1-7-4-3-5-11(9(7)12)6-8(2)10/h3-5,8H,6,10H2,1-2H3/t8-/m1/s1. The van der Waals surface area contributed by atoms with Crippen LogP contribution in [-0.4, -0.2) is 10.6 Å². The molecule has 12 heavy (non-hydrogen) atoms. The lowest BCUT2D eigenvalue weighted by Gasteiger charge is -2.08. The molecule has 0 saturated heterocycles. The number of pyridine rings is 1. The largest absolute Gasteiger partial charge is 0.326 e. The summed E-state index contributed by atoms with van der Waals surface area (Å²) in [7, 11) is 0. The maximum Gasteiger partial charge on any atom is 0.253 e. The van der Waals surface area contributed by atoms with Crippen LogP contribution in [0.1, 0.15) is 12.5 Å². The molecule has 66 valence electrons. The Bertz CT molecular complexity index is 315. The molecule has 0 aliphatic heterocycles. The van der Waals surface area contributed by atoms with Crippen LogP contribution < -0.4 is 11.3 Å². The van der Waals surface area contributed by atoms with Gasteiger partial charge < -0.3 is 10.3 Å². The summed E-state index contributed by atoms with van der Waals surface area (Å²) in [4.78, 5) is 11.4. The van der Waals surface area contributed by atoms with E-state index in [-0.39, 0.29) is 11.6 Å². The molecule has 1 aromatic heterocycles. The molecule has 0 amide bonds. The average Bonchev–Trinajstić information content (AvgIpc) is 1.98.